The lowest BCUT2D eigenvalue weighted by Crippen LogP contribution is -2.22. The number of carbonyl (C=O) groups excluding carboxylic acids is 1. The molecule has 0 aliphatic carbocycles. The molecular formula is C14H11Br2FN2O. The first-order valence-corrected chi connectivity index (χ1v) is 7.37. The van der Waals surface area contributed by atoms with Crippen LogP contribution in [-0.4, -0.2) is 12.5 Å². The molecule has 0 heterocycles. The summed E-state index contributed by atoms with van der Waals surface area (Å²) in [6.45, 7) is -0.00886. The zero-order valence-corrected chi connectivity index (χ0v) is 13.5. The molecular weight excluding hydrogens is 391 g/mol. The van der Waals surface area contributed by atoms with E-state index in [2.05, 4.69) is 42.5 Å². The van der Waals surface area contributed by atoms with Gasteiger partial charge in [0.25, 0.3) is 0 Å². The van der Waals surface area contributed by atoms with Crippen LogP contribution in [0.15, 0.2) is 51.4 Å². The lowest BCUT2D eigenvalue weighted by molar-refractivity contribution is -0.114. The molecule has 0 spiro atoms. The zero-order valence-electron chi connectivity index (χ0n) is 10.3. The normalized spacial score (nSPS) is 10.2. The number of nitrogens with one attached hydrogen (secondary N) is 2. The molecule has 0 unspecified atom stereocenters. The minimum absolute atomic E-state index is 0.00886. The van der Waals surface area contributed by atoms with Gasteiger partial charge < -0.3 is 10.6 Å². The molecule has 0 aliphatic heterocycles. The van der Waals surface area contributed by atoms with Crippen molar-refractivity contribution in [2.75, 3.05) is 17.2 Å². The number of anilines is 2. The van der Waals surface area contributed by atoms with Gasteiger partial charge >= 0.3 is 0 Å². The van der Waals surface area contributed by atoms with Gasteiger partial charge in [-0.2, -0.15) is 0 Å². The number of halogens is 3. The van der Waals surface area contributed by atoms with Crippen LogP contribution in [0.2, 0.25) is 0 Å². The Hall–Kier alpha value is -1.40. The van der Waals surface area contributed by atoms with Crippen LogP contribution >= 0.6 is 31.9 Å². The van der Waals surface area contributed by atoms with Crippen molar-refractivity contribution in [2.45, 2.75) is 0 Å². The number of hydrogen-bond donors (Lipinski definition) is 2. The van der Waals surface area contributed by atoms with E-state index in [-0.39, 0.29) is 18.1 Å². The molecule has 0 atom stereocenters. The third-order valence-electron chi connectivity index (χ3n) is 2.48. The lowest BCUT2D eigenvalue weighted by atomic mass is 10.3. The number of benzene rings is 2. The van der Waals surface area contributed by atoms with Crippen molar-refractivity contribution in [3.8, 4) is 0 Å². The predicted octanol–water partition coefficient (Wildman–Crippen LogP) is 4.40. The summed E-state index contributed by atoms with van der Waals surface area (Å²) < 4.78 is 15.1. The van der Waals surface area contributed by atoms with Crippen molar-refractivity contribution in [3.63, 3.8) is 0 Å². The largest absolute Gasteiger partial charge is 0.374 e. The highest BCUT2D eigenvalue weighted by atomic mass is 79.9. The van der Waals surface area contributed by atoms with E-state index in [1.807, 2.05) is 12.1 Å². The highest BCUT2D eigenvalue weighted by Crippen LogP contribution is 2.19. The molecule has 2 rings (SSSR count). The average molecular weight is 402 g/mol. The second-order valence-corrected chi connectivity index (χ2v) is 5.87. The van der Waals surface area contributed by atoms with Crippen LogP contribution in [0.1, 0.15) is 0 Å². The van der Waals surface area contributed by atoms with Crippen molar-refractivity contribution in [3.05, 3.63) is 57.2 Å². The van der Waals surface area contributed by atoms with Gasteiger partial charge in [0.1, 0.15) is 5.82 Å². The second-order valence-electron chi connectivity index (χ2n) is 4.04. The molecule has 1 amide bonds. The number of carbonyl (C=O) groups is 1. The van der Waals surface area contributed by atoms with Crippen LogP contribution in [0, 0.1) is 5.82 Å². The molecule has 6 heteroatoms. The van der Waals surface area contributed by atoms with Crippen molar-refractivity contribution < 1.29 is 9.18 Å². The Morgan fingerprint density at radius 1 is 1.10 bits per heavy atom. The van der Waals surface area contributed by atoms with E-state index in [0.717, 1.165) is 4.47 Å². The summed E-state index contributed by atoms with van der Waals surface area (Å²) in [6.07, 6.45) is 0. The topological polar surface area (TPSA) is 41.1 Å². The average Bonchev–Trinajstić information content (AvgIpc) is 2.37. The molecule has 2 N–H and O–H groups in total. The molecule has 104 valence electrons. The molecule has 0 saturated heterocycles. The summed E-state index contributed by atoms with van der Waals surface area (Å²) in [5.74, 6) is -0.653. The zero-order chi connectivity index (χ0) is 14.5. The standard InChI is InChI=1S/C14H11Br2FN2O/c15-9-2-1-3-11(6-9)19-14(20)8-18-13-5-4-10(16)7-12(13)17/h1-7,18H,8H2,(H,19,20). The summed E-state index contributed by atoms with van der Waals surface area (Å²) in [5.41, 5.74) is 0.972. The molecule has 20 heavy (non-hydrogen) atoms. The van der Waals surface area contributed by atoms with Crippen molar-refractivity contribution >= 4 is 49.1 Å². The fourth-order valence-corrected chi connectivity index (χ4v) is 2.31. The minimum atomic E-state index is -0.408. The van der Waals surface area contributed by atoms with Gasteiger partial charge in [-0.05, 0) is 36.4 Å². The maximum atomic E-state index is 13.6. The van der Waals surface area contributed by atoms with Gasteiger partial charge in [-0.3, -0.25) is 4.79 Å². The minimum Gasteiger partial charge on any atom is -0.374 e. The highest BCUT2D eigenvalue weighted by molar-refractivity contribution is 9.10. The number of amides is 1. The highest BCUT2D eigenvalue weighted by Gasteiger charge is 2.06. The molecule has 0 aromatic heterocycles. The second kappa shape index (κ2) is 6.85. The van der Waals surface area contributed by atoms with Gasteiger partial charge in [-0.25, -0.2) is 4.39 Å². The molecule has 0 radical (unpaired) electrons. The van der Waals surface area contributed by atoms with Gasteiger partial charge in [0.05, 0.1) is 12.2 Å². The first kappa shape index (κ1) is 15.0. The van der Waals surface area contributed by atoms with E-state index in [0.29, 0.717) is 10.2 Å². The third-order valence-corrected chi connectivity index (χ3v) is 3.47. The van der Waals surface area contributed by atoms with Crippen LogP contribution in [0.3, 0.4) is 0 Å². The van der Waals surface area contributed by atoms with Gasteiger partial charge in [0.2, 0.25) is 5.91 Å². The Morgan fingerprint density at radius 2 is 1.85 bits per heavy atom. The van der Waals surface area contributed by atoms with Crippen LogP contribution < -0.4 is 10.6 Å². The predicted molar refractivity (Wildman–Crippen MR) is 85.4 cm³/mol. The van der Waals surface area contributed by atoms with Gasteiger partial charge in [0, 0.05) is 14.6 Å². The fraction of sp³-hybridized carbons (Fsp3) is 0.0714. The Morgan fingerprint density at radius 3 is 2.55 bits per heavy atom. The van der Waals surface area contributed by atoms with Crippen LogP contribution in [0.25, 0.3) is 0 Å². The summed E-state index contributed by atoms with van der Waals surface area (Å²) >= 11 is 6.50. The van der Waals surface area contributed by atoms with Crippen LogP contribution in [-0.2, 0) is 4.79 Å². The van der Waals surface area contributed by atoms with E-state index < -0.39 is 5.82 Å². The Balaban J connectivity index is 1.92. The van der Waals surface area contributed by atoms with Crippen molar-refractivity contribution in [1.82, 2.24) is 0 Å². The molecule has 3 nitrogen and oxygen atoms in total. The van der Waals surface area contributed by atoms with E-state index in [1.54, 1.807) is 24.3 Å². The van der Waals surface area contributed by atoms with Crippen molar-refractivity contribution in [2.24, 2.45) is 0 Å². The Kier molecular flexibility index (Phi) is 5.14. The number of rotatable bonds is 4. The summed E-state index contributed by atoms with van der Waals surface area (Å²) in [5, 5.41) is 5.48. The molecule has 2 aromatic rings. The number of hydrogen-bond acceptors (Lipinski definition) is 2. The fourth-order valence-electron chi connectivity index (χ4n) is 1.58. The van der Waals surface area contributed by atoms with Crippen molar-refractivity contribution in [1.29, 1.82) is 0 Å². The third kappa shape index (κ3) is 4.31. The molecule has 0 fully saturated rings. The molecule has 2 aromatic carbocycles. The maximum Gasteiger partial charge on any atom is 0.243 e. The maximum absolute atomic E-state index is 13.6. The SMILES string of the molecule is O=C(CNc1ccc(Br)cc1F)Nc1cccc(Br)c1. The molecule has 0 aliphatic rings. The molecule has 0 bridgehead atoms. The van der Waals surface area contributed by atoms with Gasteiger partial charge in [-0.15, -0.1) is 0 Å². The van der Waals surface area contributed by atoms with E-state index >= 15 is 0 Å². The van der Waals surface area contributed by atoms with Crippen LogP contribution in [0.4, 0.5) is 15.8 Å². The van der Waals surface area contributed by atoms with E-state index in [1.165, 1.54) is 6.07 Å². The van der Waals surface area contributed by atoms with Gasteiger partial charge in [0.15, 0.2) is 0 Å². The molecule has 0 saturated carbocycles. The Labute approximate surface area is 132 Å². The smallest absolute Gasteiger partial charge is 0.243 e. The van der Waals surface area contributed by atoms with E-state index in [9.17, 15) is 9.18 Å². The lowest BCUT2D eigenvalue weighted by Gasteiger charge is -2.09. The summed E-state index contributed by atoms with van der Waals surface area (Å²) in [4.78, 5) is 11.8. The van der Waals surface area contributed by atoms with E-state index in [4.69, 9.17) is 0 Å². The first-order chi connectivity index (χ1) is 9.54. The van der Waals surface area contributed by atoms with Gasteiger partial charge in [-0.1, -0.05) is 37.9 Å². The van der Waals surface area contributed by atoms with Crippen LogP contribution in [0.5, 0.6) is 0 Å². The monoisotopic (exact) mass is 400 g/mol. The Bertz CT molecular complexity index is 634. The first-order valence-electron chi connectivity index (χ1n) is 5.79. The quantitative estimate of drug-likeness (QED) is 0.797. The summed E-state index contributed by atoms with van der Waals surface area (Å²) in [7, 11) is 0. The summed E-state index contributed by atoms with van der Waals surface area (Å²) in [6, 6.07) is 11.9.